The Labute approximate surface area is 149 Å². The third kappa shape index (κ3) is 5.11. The predicted molar refractivity (Wildman–Crippen MR) is 102 cm³/mol. The Bertz CT molecular complexity index is 654. The Morgan fingerprint density at radius 2 is 1.80 bits per heavy atom. The van der Waals surface area contributed by atoms with E-state index in [0.717, 1.165) is 62.9 Å². The van der Waals surface area contributed by atoms with Crippen LogP contribution in [0.5, 0.6) is 0 Å². The minimum Gasteiger partial charge on any atom is -0.369 e. The fraction of sp³-hybridized carbons (Fsp3) is 0.500. The van der Waals surface area contributed by atoms with Crippen molar-refractivity contribution in [1.29, 1.82) is 0 Å². The van der Waals surface area contributed by atoms with E-state index in [1.165, 1.54) is 0 Å². The van der Waals surface area contributed by atoms with Crippen LogP contribution >= 0.6 is 0 Å². The van der Waals surface area contributed by atoms with Gasteiger partial charge < -0.3 is 15.5 Å². The number of hydrogen-bond donors (Lipinski definition) is 2. The van der Waals surface area contributed by atoms with Crippen molar-refractivity contribution in [2.75, 3.05) is 63.5 Å². The minimum absolute atomic E-state index is 0.652. The molecule has 0 bridgehead atoms. The zero-order valence-corrected chi connectivity index (χ0v) is 15.1. The fourth-order valence-corrected chi connectivity index (χ4v) is 2.86. The highest BCUT2D eigenvalue weighted by atomic mass is 15.3. The Morgan fingerprint density at radius 1 is 1.04 bits per heavy atom. The molecule has 1 aliphatic rings. The quantitative estimate of drug-likeness (QED) is 0.793. The van der Waals surface area contributed by atoms with E-state index in [-0.39, 0.29) is 0 Å². The molecule has 0 unspecified atom stereocenters. The highest BCUT2D eigenvalue weighted by Crippen LogP contribution is 2.20. The lowest BCUT2D eigenvalue weighted by atomic mass is 10.2. The van der Waals surface area contributed by atoms with Crippen molar-refractivity contribution in [3.63, 3.8) is 0 Å². The van der Waals surface area contributed by atoms with Crippen molar-refractivity contribution in [1.82, 2.24) is 24.8 Å². The fourth-order valence-electron chi connectivity index (χ4n) is 2.86. The van der Waals surface area contributed by atoms with Gasteiger partial charge in [-0.15, -0.1) is 0 Å². The number of nitrogens with zero attached hydrogens (tertiary/aromatic N) is 5. The molecule has 0 amide bonds. The molecular formula is C18H27N7. The maximum atomic E-state index is 4.59. The van der Waals surface area contributed by atoms with Crippen LogP contribution in [-0.2, 0) is 0 Å². The van der Waals surface area contributed by atoms with Gasteiger partial charge in [0.05, 0.1) is 5.69 Å². The van der Waals surface area contributed by atoms with Gasteiger partial charge in [0.25, 0.3) is 0 Å². The standard InChI is InChI=1S/C18H27N7/c1-3-20-18-22-16(15-4-6-19-7-5-15)14-17(23-18)21-8-9-25-12-10-24(2)11-13-25/h4-7,14H,3,8-13H2,1-2H3,(H2,20,21,22,23). The molecule has 0 spiro atoms. The molecule has 2 aromatic rings. The molecule has 1 saturated heterocycles. The smallest absolute Gasteiger partial charge is 0.225 e. The Balaban J connectivity index is 1.64. The number of nitrogens with one attached hydrogen (secondary N) is 2. The van der Waals surface area contributed by atoms with Crippen molar-refractivity contribution >= 4 is 11.8 Å². The van der Waals surface area contributed by atoms with Gasteiger partial charge in [0.1, 0.15) is 5.82 Å². The summed E-state index contributed by atoms with van der Waals surface area (Å²) in [6, 6.07) is 5.93. The van der Waals surface area contributed by atoms with Crippen molar-refractivity contribution in [2.45, 2.75) is 6.92 Å². The summed E-state index contributed by atoms with van der Waals surface area (Å²) >= 11 is 0. The van der Waals surface area contributed by atoms with Gasteiger partial charge in [-0.3, -0.25) is 9.88 Å². The molecule has 1 aliphatic heterocycles. The van der Waals surface area contributed by atoms with Gasteiger partial charge in [0.2, 0.25) is 5.95 Å². The first kappa shape index (κ1) is 17.6. The summed E-state index contributed by atoms with van der Waals surface area (Å²) in [7, 11) is 2.18. The number of pyridine rings is 1. The second-order valence-corrected chi connectivity index (χ2v) is 6.30. The highest BCUT2D eigenvalue weighted by Gasteiger charge is 2.13. The van der Waals surface area contributed by atoms with Crippen LogP contribution in [-0.4, -0.2) is 77.6 Å². The second kappa shape index (κ2) is 8.73. The van der Waals surface area contributed by atoms with E-state index in [1.807, 2.05) is 25.1 Å². The number of likely N-dealkylation sites (N-methyl/N-ethyl adjacent to an activating group) is 1. The van der Waals surface area contributed by atoms with Gasteiger partial charge in [-0.05, 0) is 26.1 Å². The van der Waals surface area contributed by atoms with Crippen LogP contribution in [0.3, 0.4) is 0 Å². The van der Waals surface area contributed by atoms with Crippen molar-refractivity contribution in [3.8, 4) is 11.3 Å². The molecule has 7 nitrogen and oxygen atoms in total. The highest BCUT2D eigenvalue weighted by molar-refractivity contribution is 5.63. The zero-order chi connectivity index (χ0) is 17.5. The summed E-state index contributed by atoms with van der Waals surface area (Å²) in [6.07, 6.45) is 3.57. The van der Waals surface area contributed by atoms with Crippen LogP contribution in [0.1, 0.15) is 6.92 Å². The van der Waals surface area contributed by atoms with Crippen LogP contribution < -0.4 is 10.6 Å². The second-order valence-electron chi connectivity index (χ2n) is 6.30. The lowest BCUT2D eigenvalue weighted by Gasteiger charge is -2.32. The largest absolute Gasteiger partial charge is 0.369 e. The first-order chi connectivity index (χ1) is 12.2. The summed E-state index contributed by atoms with van der Waals surface area (Å²) in [5.74, 6) is 1.51. The molecule has 3 rings (SSSR count). The number of rotatable bonds is 7. The van der Waals surface area contributed by atoms with Gasteiger partial charge in [0.15, 0.2) is 0 Å². The molecule has 134 valence electrons. The van der Waals surface area contributed by atoms with Crippen LogP contribution in [0.25, 0.3) is 11.3 Å². The number of aromatic nitrogens is 3. The van der Waals surface area contributed by atoms with Crippen LogP contribution in [0, 0.1) is 0 Å². The van der Waals surface area contributed by atoms with Gasteiger partial charge in [-0.1, -0.05) is 0 Å². The molecule has 0 aliphatic carbocycles. The van der Waals surface area contributed by atoms with E-state index in [0.29, 0.717) is 5.95 Å². The van der Waals surface area contributed by atoms with Crippen molar-refractivity contribution in [3.05, 3.63) is 30.6 Å². The zero-order valence-electron chi connectivity index (χ0n) is 15.1. The van der Waals surface area contributed by atoms with Crippen molar-refractivity contribution < 1.29 is 0 Å². The number of hydrogen-bond acceptors (Lipinski definition) is 7. The molecule has 2 N–H and O–H groups in total. The summed E-state index contributed by atoms with van der Waals surface area (Å²) in [5.41, 5.74) is 1.94. The maximum absolute atomic E-state index is 4.59. The summed E-state index contributed by atoms with van der Waals surface area (Å²) in [5, 5.41) is 6.66. The van der Waals surface area contributed by atoms with E-state index in [2.05, 4.69) is 42.4 Å². The normalized spacial score (nSPS) is 15.9. The minimum atomic E-state index is 0.652. The summed E-state index contributed by atoms with van der Waals surface area (Å²) in [6.45, 7) is 9.29. The summed E-state index contributed by atoms with van der Waals surface area (Å²) < 4.78 is 0. The van der Waals surface area contributed by atoms with Crippen LogP contribution in [0.2, 0.25) is 0 Å². The number of piperazine rings is 1. The average Bonchev–Trinajstić information content (AvgIpc) is 2.64. The van der Waals surface area contributed by atoms with Gasteiger partial charge in [-0.25, -0.2) is 4.98 Å². The Kier molecular flexibility index (Phi) is 6.14. The van der Waals surface area contributed by atoms with E-state index in [1.54, 1.807) is 12.4 Å². The molecular weight excluding hydrogens is 314 g/mol. The maximum Gasteiger partial charge on any atom is 0.225 e. The van der Waals surface area contributed by atoms with Crippen LogP contribution in [0.15, 0.2) is 30.6 Å². The number of anilines is 2. The molecule has 0 aromatic carbocycles. The topological polar surface area (TPSA) is 69.2 Å². The van der Waals surface area contributed by atoms with E-state index in [4.69, 9.17) is 0 Å². The van der Waals surface area contributed by atoms with Gasteiger partial charge in [0, 0.05) is 69.8 Å². The summed E-state index contributed by atoms with van der Waals surface area (Å²) in [4.78, 5) is 18.1. The first-order valence-corrected chi connectivity index (χ1v) is 8.92. The van der Waals surface area contributed by atoms with Crippen molar-refractivity contribution in [2.24, 2.45) is 0 Å². The van der Waals surface area contributed by atoms with Gasteiger partial charge >= 0.3 is 0 Å². The average molecular weight is 341 g/mol. The van der Waals surface area contributed by atoms with Gasteiger partial charge in [-0.2, -0.15) is 4.98 Å². The van der Waals surface area contributed by atoms with Crippen LogP contribution in [0.4, 0.5) is 11.8 Å². The molecule has 2 aromatic heterocycles. The van der Waals surface area contributed by atoms with E-state index >= 15 is 0 Å². The third-order valence-corrected chi connectivity index (χ3v) is 4.37. The molecule has 1 fully saturated rings. The molecule has 3 heterocycles. The molecule has 0 radical (unpaired) electrons. The molecule has 0 saturated carbocycles. The van der Waals surface area contributed by atoms with E-state index < -0.39 is 0 Å². The predicted octanol–water partition coefficient (Wildman–Crippen LogP) is 1.63. The first-order valence-electron chi connectivity index (χ1n) is 8.92. The Hall–Kier alpha value is -2.25. The lowest BCUT2D eigenvalue weighted by Crippen LogP contribution is -2.45. The molecule has 0 atom stereocenters. The van der Waals surface area contributed by atoms with E-state index in [9.17, 15) is 0 Å². The SMILES string of the molecule is CCNc1nc(NCCN2CCN(C)CC2)cc(-c2ccncc2)n1. The lowest BCUT2D eigenvalue weighted by molar-refractivity contribution is 0.158. The molecule has 7 heteroatoms. The Morgan fingerprint density at radius 3 is 2.52 bits per heavy atom. The monoisotopic (exact) mass is 341 g/mol. The molecule has 25 heavy (non-hydrogen) atoms. The third-order valence-electron chi connectivity index (χ3n) is 4.37.